The zero-order valence-electron chi connectivity index (χ0n) is 11.2. The van der Waals surface area contributed by atoms with Crippen molar-refractivity contribution in [3.63, 3.8) is 0 Å². The highest BCUT2D eigenvalue weighted by molar-refractivity contribution is 5.80. The number of carboxylic acid groups (broad SMARTS) is 1. The fourth-order valence-corrected chi connectivity index (χ4v) is 1.34. The van der Waals surface area contributed by atoms with Gasteiger partial charge in [-0.15, -0.1) is 0 Å². The van der Waals surface area contributed by atoms with Gasteiger partial charge in [0.1, 0.15) is 11.8 Å². The van der Waals surface area contributed by atoms with Crippen LogP contribution in [-0.2, 0) is 16.1 Å². The molecule has 0 saturated carbocycles. The monoisotopic (exact) mass is 300 g/mol. The zero-order valence-corrected chi connectivity index (χ0v) is 11.2. The van der Waals surface area contributed by atoms with Gasteiger partial charge in [-0.3, -0.25) is 20.0 Å². The molecular formula is C12H16N2O7. The Balaban J connectivity index is 2.43. The van der Waals surface area contributed by atoms with E-state index in [2.05, 4.69) is 10.2 Å². The first-order valence-electron chi connectivity index (χ1n) is 5.99. The highest BCUT2D eigenvalue weighted by atomic mass is 17.1. The number of amides is 1. The first-order chi connectivity index (χ1) is 9.88. The summed E-state index contributed by atoms with van der Waals surface area (Å²) in [6.07, 6.45) is -0.447. The van der Waals surface area contributed by atoms with Gasteiger partial charge in [0.15, 0.2) is 0 Å². The number of carboxylic acids is 1. The van der Waals surface area contributed by atoms with E-state index in [4.69, 9.17) is 20.3 Å². The summed E-state index contributed by atoms with van der Waals surface area (Å²) in [5, 5.41) is 27.1. The summed E-state index contributed by atoms with van der Waals surface area (Å²) >= 11 is 0. The number of aliphatic carboxylic acids is 1. The summed E-state index contributed by atoms with van der Waals surface area (Å²) < 4.78 is 4.90. The SMILES string of the molecule is CC(NC(=O)Oc1ccc(CCON(O)O)cc1)C(=O)O. The van der Waals surface area contributed by atoms with Crippen molar-refractivity contribution in [1.82, 2.24) is 10.7 Å². The number of hydrogen-bond acceptors (Lipinski definition) is 7. The van der Waals surface area contributed by atoms with Crippen molar-refractivity contribution in [3.8, 4) is 5.75 Å². The summed E-state index contributed by atoms with van der Waals surface area (Å²) in [6.45, 7) is 1.38. The number of hydrogen-bond donors (Lipinski definition) is 4. The highest BCUT2D eigenvalue weighted by Gasteiger charge is 2.15. The van der Waals surface area contributed by atoms with Crippen molar-refractivity contribution in [2.45, 2.75) is 19.4 Å². The third kappa shape index (κ3) is 6.68. The van der Waals surface area contributed by atoms with E-state index in [1.54, 1.807) is 12.1 Å². The molecule has 0 heterocycles. The normalized spacial score (nSPS) is 12.0. The van der Waals surface area contributed by atoms with Crippen molar-refractivity contribution >= 4 is 12.1 Å². The van der Waals surface area contributed by atoms with E-state index < -0.39 is 18.1 Å². The second-order valence-electron chi connectivity index (χ2n) is 4.07. The van der Waals surface area contributed by atoms with E-state index in [0.717, 1.165) is 5.56 Å². The van der Waals surface area contributed by atoms with E-state index in [9.17, 15) is 9.59 Å². The fourth-order valence-electron chi connectivity index (χ4n) is 1.34. The lowest BCUT2D eigenvalue weighted by molar-refractivity contribution is -0.492. The van der Waals surface area contributed by atoms with Gasteiger partial charge in [-0.1, -0.05) is 12.1 Å². The first kappa shape index (κ1) is 16.9. The Bertz CT molecular complexity index is 475. The van der Waals surface area contributed by atoms with Crippen molar-refractivity contribution in [2.75, 3.05) is 6.61 Å². The average Bonchev–Trinajstić information content (AvgIpc) is 2.40. The van der Waals surface area contributed by atoms with E-state index in [0.29, 0.717) is 6.42 Å². The van der Waals surface area contributed by atoms with E-state index in [1.807, 2.05) is 0 Å². The molecule has 0 bridgehead atoms. The molecule has 1 amide bonds. The molecule has 0 spiro atoms. The molecule has 0 saturated heterocycles. The summed E-state index contributed by atoms with van der Waals surface area (Å²) in [7, 11) is 0. The van der Waals surface area contributed by atoms with Crippen LogP contribution in [0.5, 0.6) is 5.75 Å². The Labute approximate surface area is 120 Å². The molecule has 1 rings (SSSR count). The fraction of sp³-hybridized carbons (Fsp3) is 0.333. The van der Waals surface area contributed by atoms with Gasteiger partial charge in [-0.05, 0) is 31.0 Å². The Morgan fingerprint density at radius 2 is 1.90 bits per heavy atom. The van der Waals surface area contributed by atoms with Crippen LogP contribution >= 0.6 is 0 Å². The van der Waals surface area contributed by atoms with Gasteiger partial charge in [0.05, 0.1) is 12.0 Å². The maximum Gasteiger partial charge on any atom is 0.413 e. The van der Waals surface area contributed by atoms with Gasteiger partial charge in [-0.2, -0.15) is 0 Å². The van der Waals surface area contributed by atoms with Crippen molar-refractivity contribution in [1.29, 1.82) is 0 Å². The number of rotatable bonds is 7. The Morgan fingerprint density at radius 3 is 2.43 bits per heavy atom. The summed E-state index contributed by atoms with van der Waals surface area (Å²) in [6, 6.07) is 5.32. The molecule has 1 aromatic carbocycles. The summed E-state index contributed by atoms with van der Waals surface area (Å²) in [5.74, 6) is -0.912. The third-order valence-electron chi connectivity index (χ3n) is 2.44. The predicted octanol–water partition coefficient (Wildman–Crippen LogP) is 0.803. The second kappa shape index (κ2) is 8.17. The minimum absolute atomic E-state index is 0.0593. The zero-order chi connectivity index (χ0) is 15.8. The molecule has 0 aliphatic carbocycles. The molecule has 1 unspecified atom stereocenters. The Hall–Kier alpha value is -2.20. The minimum atomic E-state index is -1.16. The number of carbonyl (C=O) groups excluding carboxylic acids is 1. The van der Waals surface area contributed by atoms with Gasteiger partial charge in [0.25, 0.3) is 0 Å². The standard InChI is InChI=1S/C12H16N2O7/c1-8(11(15)16)13-12(17)21-10-4-2-9(3-5-10)6-7-20-14(18)19/h2-5,8,18-19H,6-7H2,1H3,(H,13,17)(H,15,16). The van der Waals surface area contributed by atoms with Gasteiger partial charge in [-0.25, -0.2) is 4.79 Å². The largest absolute Gasteiger partial charge is 0.480 e. The first-order valence-corrected chi connectivity index (χ1v) is 5.99. The number of benzene rings is 1. The van der Waals surface area contributed by atoms with Gasteiger partial charge < -0.3 is 15.2 Å². The molecule has 0 aliphatic rings. The maximum atomic E-state index is 11.4. The predicted molar refractivity (Wildman–Crippen MR) is 67.8 cm³/mol. The van der Waals surface area contributed by atoms with Crippen LogP contribution in [0.25, 0.3) is 0 Å². The Morgan fingerprint density at radius 1 is 1.29 bits per heavy atom. The highest BCUT2D eigenvalue weighted by Crippen LogP contribution is 2.13. The molecule has 1 atom stereocenters. The molecule has 1 aromatic rings. The molecule has 116 valence electrons. The quantitative estimate of drug-likeness (QED) is 0.544. The smallest absolute Gasteiger partial charge is 0.413 e. The van der Waals surface area contributed by atoms with Crippen LogP contribution in [0.4, 0.5) is 4.79 Å². The van der Waals surface area contributed by atoms with Crippen molar-refractivity contribution < 1.29 is 34.7 Å². The Kier molecular flexibility index (Phi) is 6.56. The summed E-state index contributed by atoms with van der Waals surface area (Å²) in [4.78, 5) is 26.3. The van der Waals surface area contributed by atoms with E-state index >= 15 is 0 Å². The van der Waals surface area contributed by atoms with E-state index in [-0.39, 0.29) is 17.7 Å². The summed E-state index contributed by atoms with van der Waals surface area (Å²) in [5.41, 5.74) is 0.823. The lowest BCUT2D eigenvalue weighted by Crippen LogP contribution is -2.39. The third-order valence-corrected chi connectivity index (χ3v) is 2.44. The molecule has 9 nitrogen and oxygen atoms in total. The number of ether oxygens (including phenoxy) is 1. The van der Waals surface area contributed by atoms with Gasteiger partial charge >= 0.3 is 12.1 Å². The van der Waals surface area contributed by atoms with Gasteiger partial charge in [0, 0.05) is 0 Å². The van der Waals surface area contributed by atoms with Crippen LogP contribution in [0.15, 0.2) is 24.3 Å². The van der Waals surface area contributed by atoms with Crippen molar-refractivity contribution in [3.05, 3.63) is 29.8 Å². The molecule has 0 aromatic heterocycles. The van der Waals surface area contributed by atoms with Crippen LogP contribution in [0.1, 0.15) is 12.5 Å². The average molecular weight is 300 g/mol. The molecule has 0 radical (unpaired) electrons. The lowest BCUT2D eigenvalue weighted by atomic mass is 10.1. The van der Waals surface area contributed by atoms with Crippen LogP contribution in [-0.4, -0.2) is 45.6 Å². The molecular weight excluding hydrogens is 284 g/mol. The lowest BCUT2D eigenvalue weighted by Gasteiger charge is -2.10. The molecule has 0 fully saturated rings. The number of nitrogens with zero attached hydrogens (tertiary/aromatic N) is 1. The van der Waals surface area contributed by atoms with Crippen LogP contribution < -0.4 is 10.1 Å². The molecule has 21 heavy (non-hydrogen) atoms. The van der Waals surface area contributed by atoms with E-state index in [1.165, 1.54) is 19.1 Å². The second-order valence-corrected chi connectivity index (χ2v) is 4.07. The molecule has 0 aliphatic heterocycles. The minimum Gasteiger partial charge on any atom is -0.480 e. The van der Waals surface area contributed by atoms with Crippen LogP contribution in [0, 0.1) is 0 Å². The number of carbonyl (C=O) groups is 2. The van der Waals surface area contributed by atoms with Gasteiger partial charge in [0.2, 0.25) is 0 Å². The molecule has 9 heteroatoms. The molecule has 4 N–H and O–H groups in total. The number of nitrogens with one attached hydrogen (secondary N) is 1. The maximum absolute atomic E-state index is 11.4. The van der Waals surface area contributed by atoms with Crippen molar-refractivity contribution in [2.24, 2.45) is 0 Å². The topological polar surface area (TPSA) is 129 Å². The van der Waals surface area contributed by atoms with Crippen LogP contribution in [0.2, 0.25) is 0 Å². The van der Waals surface area contributed by atoms with Crippen LogP contribution in [0.3, 0.4) is 0 Å².